The van der Waals surface area contributed by atoms with E-state index in [4.69, 9.17) is 4.74 Å². The topological polar surface area (TPSA) is 79.8 Å². The van der Waals surface area contributed by atoms with Gasteiger partial charge in [-0.2, -0.15) is 0 Å². The number of ether oxygens (including phenoxy) is 1. The van der Waals surface area contributed by atoms with E-state index >= 15 is 0 Å². The van der Waals surface area contributed by atoms with Crippen LogP contribution in [0.3, 0.4) is 0 Å². The molecule has 3 aromatic rings. The molecule has 7 nitrogen and oxygen atoms in total. The third kappa shape index (κ3) is 5.42. The van der Waals surface area contributed by atoms with Crippen molar-refractivity contribution in [2.24, 2.45) is 0 Å². The molecule has 0 unspecified atom stereocenters. The highest BCUT2D eigenvalue weighted by molar-refractivity contribution is 7.90. The van der Waals surface area contributed by atoms with Gasteiger partial charge in [-0.15, -0.1) is 12.4 Å². The standard InChI is InChI=1S/C21H23N3O4S2.ClH/c1-30(26,27)19-9-5-2-6-16(19)20(25)24(11-10-23-12-14-28-15-13-23)21-22-17-7-3-4-8-18(17)29-21;/h2-9H,10-15H2,1H3;1H. The summed E-state index contributed by atoms with van der Waals surface area (Å²) in [4.78, 5) is 22.1. The number of carbonyl (C=O) groups is 1. The number of hydrogen-bond acceptors (Lipinski definition) is 7. The number of aromatic nitrogens is 1. The maximum atomic E-state index is 13.5. The highest BCUT2D eigenvalue weighted by Crippen LogP contribution is 2.30. The molecule has 1 aliphatic heterocycles. The van der Waals surface area contributed by atoms with Crippen LogP contribution in [0.15, 0.2) is 53.4 Å². The molecule has 1 aromatic heterocycles. The van der Waals surface area contributed by atoms with E-state index < -0.39 is 9.84 Å². The molecular formula is C21H24ClN3O4S2. The van der Waals surface area contributed by atoms with E-state index in [1.54, 1.807) is 23.1 Å². The molecule has 0 N–H and O–H groups in total. The Bertz CT molecular complexity index is 1130. The summed E-state index contributed by atoms with van der Waals surface area (Å²) in [6.07, 6.45) is 1.12. The molecule has 4 rings (SSSR count). The number of sulfone groups is 1. The lowest BCUT2D eigenvalue weighted by molar-refractivity contribution is 0.0391. The minimum atomic E-state index is -3.55. The molecule has 31 heavy (non-hydrogen) atoms. The normalized spacial score (nSPS) is 14.9. The second-order valence-electron chi connectivity index (χ2n) is 7.14. The number of para-hydroxylation sites is 1. The van der Waals surface area contributed by atoms with Crippen LogP contribution in [0.1, 0.15) is 10.4 Å². The Hall–Kier alpha value is -2.04. The van der Waals surface area contributed by atoms with Crippen molar-refractivity contribution in [3.05, 3.63) is 54.1 Å². The smallest absolute Gasteiger partial charge is 0.261 e. The van der Waals surface area contributed by atoms with E-state index in [2.05, 4.69) is 9.88 Å². The van der Waals surface area contributed by atoms with Gasteiger partial charge in [0.1, 0.15) is 0 Å². The average molecular weight is 482 g/mol. The van der Waals surface area contributed by atoms with Gasteiger partial charge in [0.25, 0.3) is 5.91 Å². The minimum absolute atomic E-state index is 0. The van der Waals surface area contributed by atoms with E-state index in [9.17, 15) is 13.2 Å². The Balaban J connectivity index is 0.00000272. The average Bonchev–Trinajstić information content (AvgIpc) is 3.18. The monoisotopic (exact) mass is 481 g/mol. The Kier molecular flexibility index (Phi) is 7.66. The Morgan fingerprint density at radius 3 is 2.52 bits per heavy atom. The van der Waals surface area contributed by atoms with Gasteiger partial charge < -0.3 is 4.74 Å². The molecule has 10 heteroatoms. The van der Waals surface area contributed by atoms with Gasteiger partial charge in [0.15, 0.2) is 15.0 Å². The lowest BCUT2D eigenvalue weighted by Crippen LogP contribution is -2.43. The highest BCUT2D eigenvalue weighted by Gasteiger charge is 2.26. The lowest BCUT2D eigenvalue weighted by atomic mass is 10.2. The number of thiazole rings is 1. The molecule has 2 heterocycles. The lowest BCUT2D eigenvalue weighted by Gasteiger charge is -2.29. The van der Waals surface area contributed by atoms with Gasteiger partial charge in [0, 0.05) is 32.4 Å². The van der Waals surface area contributed by atoms with Crippen molar-refractivity contribution in [2.75, 3.05) is 50.5 Å². The summed E-state index contributed by atoms with van der Waals surface area (Å²) in [6, 6.07) is 14.1. The third-order valence-corrected chi connectivity index (χ3v) is 7.23. The van der Waals surface area contributed by atoms with Crippen molar-refractivity contribution in [3.63, 3.8) is 0 Å². The van der Waals surface area contributed by atoms with Crippen molar-refractivity contribution in [1.29, 1.82) is 0 Å². The first-order valence-corrected chi connectivity index (χ1v) is 12.4. The number of anilines is 1. The third-order valence-electron chi connectivity index (χ3n) is 5.02. The molecular weight excluding hydrogens is 458 g/mol. The van der Waals surface area contributed by atoms with E-state index in [1.807, 2.05) is 24.3 Å². The number of morpholine rings is 1. The molecule has 0 aliphatic carbocycles. The fourth-order valence-electron chi connectivity index (χ4n) is 3.44. The van der Waals surface area contributed by atoms with Gasteiger partial charge in [-0.3, -0.25) is 14.6 Å². The zero-order valence-corrected chi connectivity index (χ0v) is 19.5. The first kappa shape index (κ1) is 23.6. The van der Waals surface area contributed by atoms with Gasteiger partial charge >= 0.3 is 0 Å². The predicted octanol–water partition coefficient (Wildman–Crippen LogP) is 3.10. The van der Waals surface area contributed by atoms with Crippen LogP contribution in [0, 0.1) is 0 Å². The van der Waals surface area contributed by atoms with Crippen LogP contribution in [-0.2, 0) is 14.6 Å². The summed E-state index contributed by atoms with van der Waals surface area (Å²) in [5, 5.41) is 0.567. The Morgan fingerprint density at radius 2 is 1.81 bits per heavy atom. The number of carbonyl (C=O) groups excluding carboxylic acids is 1. The van der Waals surface area contributed by atoms with Crippen LogP contribution in [0.4, 0.5) is 5.13 Å². The van der Waals surface area contributed by atoms with E-state index in [-0.39, 0.29) is 28.8 Å². The highest BCUT2D eigenvalue weighted by atomic mass is 35.5. The summed E-state index contributed by atoms with van der Waals surface area (Å²) in [7, 11) is -3.55. The number of amides is 1. The molecule has 1 fully saturated rings. The zero-order valence-electron chi connectivity index (χ0n) is 17.1. The van der Waals surface area contributed by atoms with Crippen LogP contribution >= 0.6 is 23.7 Å². The van der Waals surface area contributed by atoms with E-state index in [0.29, 0.717) is 31.4 Å². The second-order valence-corrected chi connectivity index (χ2v) is 10.1. The number of halogens is 1. The number of benzene rings is 2. The number of rotatable bonds is 6. The molecule has 0 bridgehead atoms. The SMILES string of the molecule is CS(=O)(=O)c1ccccc1C(=O)N(CCN1CCOCC1)c1nc2ccccc2s1.Cl. The molecule has 1 saturated heterocycles. The van der Waals surface area contributed by atoms with Crippen LogP contribution in [0.25, 0.3) is 10.2 Å². The zero-order chi connectivity index (χ0) is 21.1. The Morgan fingerprint density at radius 1 is 1.13 bits per heavy atom. The molecule has 1 aliphatic rings. The van der Waals surface area contributed by atoms with Gasteiger partial charge in [0.2, 0.25) is 0 Å². The van der Waals surface area contributed by atoms with Gasteiger partial charge in [-0.25, -0.2) is 13.4 Å². The quantitative estimate of drug-likeness (QED) is 0.538. The minimum Gasteiger partial charge on any atom is -0.379 e. The van der Waals surface area contributed by atoms with Crippen molar-refractivity contribution in [2.45, 2.75) is 4.90 Å². The van der Waals surface area contributed by atoms with Gasteiger partial charge in [0.05, 0.1) is 33.9 Å². The maximum Gasteiger partial charge on any atom is 0.261 e. The molecule has 1 amide bonds. The second kappa shape index (κ2) is 10.1. The maximum absolute atomic E-state index is 13.5. The fourth-order valence-corrected chi connectivity index (χ4v) is 5.31. The molecule has 0 spiro atoms. The molecule has 166 valence electrons. The number of fused-ring (bicyclic) bond motifs is 1. The van der Waals surface area contributed by atoms with Crippen molar-refractivity contribution in [1.82, 2.24) is 9.88 Å². The summed E-state index contributed by atoms with van der Waals surface area (Å²) in [6.45, 7) is 4.03. The van der Waals surface area contributed by atoms with Crippen molar-refractivity contribution >= 4 is 54.8 Å². The summed E-state index contributed by atoms with van der Waals surface area (Å²) >= 11 is 1.43. The van der Waals surface area contributed by atoms with Crippen molar-refractivity contribution < 1.29 is 17.9 Å². The van der Waals surface area contributed by atoms with E-state index in [0.717, 1.165) is 29.6 Å². The molecule has 0 radical (unpaired) electrons. The summed E-state index contributed by atoms with van der Waals surface area (Å²) in [5.41, 5.74) is 0.985. The first-order chi connectivity index (χ1) is 14.4. The van der Waals surface area contributed by atoms with Crippen molar-refractivity contribution in [3.8, 4) is 0 Å². The molecule has 0 atom stereocenters. The van der Waals surface area contributed by atoms with Gasteiger partial charge in [-0.05, 0) is 24.3 Å². The van der Waals surface area contributed by atoms with Crippen LogP contribution in [0.5, 0.6) is 0 Å². The summed E-state index contributed by atoms with van der Waals surface area (Å²) < 4.78 is 30.9. The molecule has 2 aromatic carbocycles. The fraction of sp³-hybridized carbons (Fsp3) is 0.333. The van der Waals surface area contributed by atoms with Crippen LogP contribution in [0.2, 0.25) is 0 Å². The number of hydrogen-bond donors (Lipinski definition) is 0. The van der Waals surface area contributed by atoms with E-state index in [1.165, 1.54) is 17.4 Å². The molecule has 0 saturated carbocycles. The van der Waals surface area contributed by atoms with Gasteiger partial charge in [-0.1, -0.05) is 35.6 Å². The van der Waals surface area contributed by atoms with Crippen LogP contribution < -0.4 is 4.90 Å². The Labute approximate surface area is 192 Å². The summed E-state index contributed by atoms with van der Waals surface area (Å²) in [5.74, 6) is -0.358. The number of nitrogens with zero attached hydrogens (tertiary/aromatic N) is 3. The predicted molar refractivity (Wildman–Crippen MR) is 125 cm³/mol. The van der Waals surface area contributed by atoms with Crippen LogP contribution in [-0.4, -0.2) is 69.9 Å². The first-order valence-electron chi connectivity index (χ1n) is 9.70. The largest absolute Gasteiger partial charge is 0.379 e.